The Labute approximate surface area is 104 Å². The number of hydrogen-bond acceptors (Lipinski definition) is 2. The number of rotatable bonds is 2. The van der Waals surface area contributed by atoms with E-state index in [0.717, 1.165) is 30.6 Å². The Kier molecular flexibility index (Phi) is 4.00. The molecule has 2 N–H and O–H groups in total. The Hall–Kier alpha value is -0.380. The lowest BCUT2D eigenvalue weighted by Crippen LogP contribution is -2.40. The van der Waals surface area contributed by atoms with E-state index in [1.165, 1.54) is 0 Å². The van der Waals surface area contributed by atoms with Gasteiger partial charge in [0.1, 0.15) is 0 Å². The van der Waals surface area contributed by atoms with Crippen LogP contribution in [0.15, 0.2) is 29.2 Å². The normalized spacial score (nSPS) is 27.6. The van der Waals surface area contributed by atoms with Gasteiger partial charge in [0.25, 0.3) is 0 Å². The van der Waals surface area contributed by atoms with E-state index in [2.05, 4.69) is 0 Å². The molecule has 0 spiro atoms. The third-order valence-electron chi connectivity index (χ3n) is 3.07. The molecular weight excluding hydrogens is 242 g/mol. The van der Waals surface area contributed by atoms with Gasteiger partial charge in [0, 0.05) is 16.0 Å². The molecule has 3 unspecified atom stereocenters. The molecule has 0 radical (unpaired) electrons. The maximum Gasteiger partial charge on any atom is 0.0576 e. The molecule has 4 heteroatoms. The molecule has 0 aliphatic heterocycles. The van der Waals surface area contributed by atoms with Gasteiger partial charge >= 0.3 is 0 Å². The maximum atomic E-state index is 12.3. The smallest absolute Gasteiger partial charge is 0.0576 e. The van der Waals surface area contributed by atoms with Crippen LogP contribution >= 0.6 is 11.6 Å². The highest BCUT2D eigenvalue weighted by Crippen LogP contribution is 2.25. The fourth-order valence-electron chi connectivity index (χ4n) is 2.13. The van der Waals surface area contributed by atoms with Crippen LogP contribution in [0.4, 0.5) is 0 Å². The Morgan fingerprint density at radius 3 is 2.44 bits per heavy atom. The third kappa shape index (κ3) is 2.65. The molecule has 0 saturated heterocycles. The van der Waals surface area contributed by atoms with Crippen molar-refractivity contribution in [2.45, 2.75) is 41.9 Å². The molecule has 0 bridgehead atoms. The zero-order valence-corrected chi connectivity index (χ0v) is 10.6. The minimum atomic E-state index is -0.992. The average molecular weight is 258 g/mol. The lowest BCUT2D eigenvalue weighted by molar-refractivity contribution is 0.445. The van der Waals surface area contributed by atoms with E-state index in [9.17, 15) is 4.21 Å². The molecule has 1 aromatic rings. The highest BCUT2D eigenvalue weighted by atomic mass is 35.5. The predicted molar refractivity (Wildman–Crippen MR) is 68.1 cm³/mol. The van der Waals surface area contributed by atoms with Crippen molar-refractivity contribution in [3.63, 3.8) is 0 Å². The Morgan fingerprint density at radius 2 is 1.81 bits per heavy atom. The molecule has 2 nitrogen and oxygen atoms in total. The van der Waals surface area contributed by atoms with Crippen molar-refractivity contribution < 1.29 is 4.21 Å². The van der Waals surface area contributed by atoms with E-state index in [4.69, 9.17) is 17.3 Å². The second-order valence-electron chi connectivity index (χ2n) is 4.24. The van der Waals surface area contributed by atoms with Crippen molar-refractivity contribution >= 4 is 22.4 Å². The van der Waals surface area contributed by atoms with E-state index in [-0.39, 0.29) is 11.3 Å². The van der Waals surface area contributed by atoms with Gasteiger partial charge in [0.05, 0.1) is 16.0 Å². The summed E-state index contributed by atoms with van der Waals surface area (Å²) in [6.07, 6.45) is 4.26. The summed E-state index contributed by atoms with van der Waals surface area (Å²) >= 11 is 5.81. The molecular formula is C12H16ClNOS. The lowest BCUT2D eigenvalue weighted by Gasteiger charge is -2.27. The first-order valence-corrected chi connectivity index (χ1v) is 7.19. The largest absolute Gasteiger partial charge is 0.327 e. The fourth-order valence-corrected chi connectivity index (χ4v) is 3.85. The average Bonchev–Trinajstić information content (AvgIpc) is 2.30. The molecule has 0 heterocycles. The van der Waals surface area contributed by atoms with Crippen LogP contribution in [-0.4, -0.2) is 15.5 Å². The molecule has 1 saturated carbocycles. The van der Waals surface area contributed by atoms with Crippen LogP contribution < -0.4 is 5.73 Å². The van der Waals surface area contributed by atoms with Crippen LogP contribution in [0.25, 0.3) is 0 Å². The summed E-state index contributed by atoms with van der Waals surface area (Å²) < 4.78 is 12.3. The van der Waals surface area contributed by atoms with Gasteiger partial charge in [0.15, 0.2) is 0 Å². The molecule has 1 fully saturated rings. The van der Waals surface area contributed by atoms with Crippen LogP contribution in [0.5, 0.6) is 0 Å². The first kappa shape index (κ1) is 12.1. The Bertz CT molecular complexity index is 379. The highest BCUT2D eigenvalue weighted by Gasteiger charge is 2.27. The summed E-state index contributed by atoms with van der Waals surface area (Å²) in [6, 6.07) is 7.30. The van der Waals surface area contributed by atoms with Gasteiger partial charge in [0.2, 0.25) is 0 Å². The van der Waals surface area contributed by atoms with Crippen molar-refractivity contribution in [3.05, 3.63) is 29.3 Å². The SMILES string of the molecule is NC1CCCCC1S(=O)c1ccc(Cl)cc1. The molecule has 2 rings (SSSR count). The van der Waals surface area contributed by atoms with Crippen molar-refractivity contribution in [3.8, 4) is 0 Å². The number of hydrogen-bond donors (Lipinski definition) is 1. The highest BCUT2D eigenvalue weighted by molar-refractivity contribution is 7.85. The van der Waals surface area contributed by atoms with Crippen LogP contribution in [0.2, 0.25) is 5.02 Å². The summed E-state index contributed by atoms with van der Waals surface area (Å²) in [5, 5.41) is 0.781. The van der Waals surface area contributed by atoms with E-state index < -0.39 is 10.8 Å². The molecule has 1 aromatic carbocycles. The van der Waals surface area contributed by atoms with Gasteiger partial charge in [-0.05, 0) is 37.1 Å². The van der Waals surface area contributed by atoms with E-state index >= 15 is 0 Å². The van der Waals surface area contributed by atoms with Gasteiger partial charge in [-0.3, -0.25) is 4.21 Å². The Morgan fingerprint density at radius 1 is 1.19 bits per heavy atom. The van der Waals surface area contributed by atoms with Crippen molar-refractivity contribution in [2.24, 2.45) is 5.73 Å². The second-order valence-corrected chi connectivity index (χ2v) is 6.35. The topological polar surface area (TPSA) is 43.1 Å². The van der Waals surface area contributed by atoms with Crippen LogP contribution in [-0.2, 0) is 10.8 Å². The summed E-state index contributed by atoms with van der Waals surface area (Å²) in [4.78, 5) is 0.840. The summed E-state index contributed by atoms with van der Waals surface area (Å²) in [5.41, 5.74) is 6.03. The summed E-state index contributed by atoms with van der Waals surface area (Å²) in [5.74, 6) is 0. The van der Waals surface area contributed by atoms with Crippen molar-refractivity contribution in [2.75, 3.05) is 0 Å². The minimum Gasteiger partial charge on any atom is -0.327 e. The monoisotopic (exact) mass is 257 g/mol. The molecule has 88 valence electrons. The number of nitrogens with two attached hydrogens (primary N) is 1. The zero-order chi connectivity index (χ0) is 11.5. The van der Waals surface area contributed by atoms with Gasteiger partial charge in [-0.25, -0.2) is 0 Å². The minimum absolute atomic E-state index is 0.0743. The van der Waals surface area contributed by atoms with Gasteiger partial charge in [-0.2, -0.15) is 0 Å². The van der Waals surface area contributed by atoms with Gasteiger partial charge in [-0.1, -0.05) is 24.4 Å². The molecule has 0 amide bonds. The van der Waals surface area contributed by atoms with E-state index in [0.29, 0.717) is 5.02 Å². The van der Waals surface area contributed by atoms with E-state index in [1.54, 1.807) is 12.1 Å². The number of halogens is 1. The van der Waals surface area contributed by atoms with Gasteiger partial charge in [-0.15, -0.1) is 0 Å². The van der Waals surface area contributed by atoms with Crippen LogP contribution in [0, 0.1) is 0 Å². The van der Waals surface area contributed by atoms with E-state index in [1.807, 2.05) is 12.1 Å². The first-order valence-electron chi connectivity index (χ1n) is 5.60. The van der Waals surface area contributed by atoms with Gasteiger partial charge < -0.3 is 5.73 Å². The van der Waals surface area contributed by atoms with Crippen LogP contribution in [0.3, 0.4) is 0 Å². The lowest BCUT2D eigenvalue weighted by atomic mass is 9.96. The predicted octanol–water partition coefficient (Wildman–Crippen LogP) is 2.72. The maximum absolute atomic E-state index is 12.3. The molecule has 1 aliphatic carbocycles. The Balaban J connectivity index is 2.14. The summed E-state index contributed by atoms with van der Waals surface area (Å²) in [6.45, 7) is 0. The van der Waals surface area contributed by atoms with Crippen LogP contribution in [0.1, 0.15) is 25.7 Å². The zero-order valence-electron chi connectivity index (χ0n) is 9.06. The second kappa shape index (κ2) is 5.30. The van der Waals surface area contributed by atoms with Crippen molar-refractivity contribution in [1.29, 1.82) is 0 Å². The molecule has 16 heavy (non-hydrogen) atoms. The standard InChI is InChI=1S/C12H16ClNOS/c13-9-5-7-10(8-6-9)16(15)12-4-2-1-3-11(12)14/h5-8,11-12H,1-4,14H2. The molecule has 0 aromatic heterocycles. The quantitative estimate of drug-likeness (QED) is 0.885. The first-order chi connectivity index (χ1) is 7.68. The molecule has 3 atom stereocenters. The fraction of sp³-hybridized carbons (Fsp3) is 0.500. The molecule has 1 aliphatic rings. The van der Waals surface area contributed by atoms with Crippen molar-refractivity contribution in [1.82, 2.24) is 0 Å². The summed E-state index contributed by atoms with van der Waals surface area (Å²) in [7, 11) is -0.992. The third-order valence-corrected chi connectivity index (χ3v) is 5.20. The number of benzene rings is 1.